The molecular formula is C62H104O24. The van der Waals surface area contributed by atoms with Crippen LogP contribution in [0.15, 0.2) is 23.8 Å². The van der Waals surface area contributed by atoms with E-state index in [2.05, 4.69) is 47.6 Å². The number of carbonyl (C=O) groups excluding carboxylic acids is 1. The summed E-state index contributed by atoms with van der Waals surface area (Å²) in [6.07, 6.45) is -19.3. The molecule has 30 atom stereocenters. The lowest BCUT2D eigenvalue weighted by Gasteiger charge is -2.71. The highest BCUT2D eigenvalue weighted by Crippen LogP contribution is 2.76. The third-order valence-corrected chi connectivity index (χ3v) is 22.3. The highest BCUT2D eigenvalue weighted by atomic mass is 16.8. The van der Waals surface area contributed by atoms with Gasteiger partial charge in [0, 0.05) is 6.08 Å². The van der Waals surface area contributed by atoms with E-state index >= 15 is 0 Å². The summed E-state index contributed by atoms with van der Waals surface area (Å²) in [5, 5.41) is 154. The summed E-state index contributed by atoms with van der Waals surface area (Å²) >= 11 is 0. The Morgan fingerprint density at radius 1 is 0.593 bits per heavy atom. The Hall–Kier alpha value is -1.93. The van der Waals surface area contributed by atoms with Crippen molar-refractivity contribution in [2.24, 2.45) is 45.3 Å². The molecule has 0 aromatic rings. The van der Waals surface area contributed by atoms with Gasteiger partial charge in [0.05, 0.1) is 37.6 Å². The van der Waals surface area contributed by atoms with Crippen LogP contribution in [0.2, 0.25) is 0 Å². The molecule has 4 heterocycles. The molecule has 4 saturated heterocycles. The molecule has 0 aromatic heterocycles. The fourth-order valence-electron chi connectivity index (χ4n) is 17.2. The first-order valence-electron chi connectivity index (χ1n) is 31.5. The Balaban J connectivity index is 0.982. The van der Waals surface area contributed by atoms with Gasteiger partial charge in [0.2, 0.25) is 0 Å². The molecule has 30 unspecified atom stereocenters. The number of aliphatic hydroxyl groups is 14. The molecule has 0 spiro atoms. The minimum atomic E-state index is -1.87. The van der Waals surface area contributed by atoms with E-state index in [0.717, 1.165) is 44.1 Å². The van der Waals surface area contributed by atoms with E-state index in [9.17, 15) is 76.3 Å². The van der Waals surface area contributed by atoms with Crippen molar-refractivity contribution in [3.63, 3.8) is 0 Å². The number of allylic oxidation sites excluding steroid dienone is 3. The van der Waals surface area contributed by atoms with Crippen LogP contribution in [0.3, 0.4) is 0 Å². The van der Waals surface area contributed by atoms with Crippen LogP contribution in [-0.4, -0.2) is 245 Å². The molecule has 0 radical (unpaired) electrons. The molecule has 4 aliphatic carbocycles. The monoisotopic (exact) mass is 1230 g/mol. The van der Waals surface area contributed by atoms with E-state index in [1.54, 1.807) is 6.08 Å². The summed E-state index contributed by atoms with van der Waals surface area (Å²) in [5.74, 6) is -1.25. The zero-order valence-electron chi connectivity index (χ0n) is 51.6. The lowest BCUT2D eigenvalue weighted by molar-refractivity contribution is -0.378. The van der Waals surface area contributed by atoms with Gasteiger partial charge in [-0.1, -0.05) is 72.1 Å². The average Bonchev–Trinajstić information content (AvgIpc) is 1.23. The van der Waals surface area contributed by atoms with Crippen molar-refractivity contribution in [3.05, 3.63) is 23.8 Å². The third kappa shape index (κ3) is 13.5. The zero-order valence-corrected chi connectivity index (χ0v) is 51.6. The standard InChI is InChI=1S/C62H104O24/c1-10-11-12-13-14-17-40(66)78-28-35-44(69)47(72)51(76)55(82-35)85-53-49(74)43(68)34(27-64)81-57(53)84-39-20-22-59(6)37(58(39,4)5)19-24-60(7)38(59)25-32(65)41-31(18-23-61(41,60)8)62(9,21-15-16-30(2)3)86-56-52(77)48(73)45(70)36(83-56)29-79-54-50(75)46(71)42(67)33(26-63)80-54/h14,16-17,31-39,41-57,63-65,67-77H,10-13,15,18-29H2,1-9H3/b17-14+. The van der Waals surface area contributed by atoms with Gasteiger partial charge in [-0.05, 0) is 137 Å². The topological polar surface area (TPSA) is 383 Å². The molecule has 496 valence electrons. The van der Waals surface area contributed by atoms with Crippen LogP contribution in [0.5, 0.6) is 0 Å². The van der Waals surface area contributed by atoms with Gasteiger partial charge in [-0.15, -0.1) is 0 Å². The maximum Gasteiger partial charge on any atom is 0.330 e. The van der Waals surface area contributed by atoms with Crippen molar-refractivity contribution in [2.45, 2.75) is 286 Å². The van der Waals surface area contributed by atoms with Gasteiger partial charge in [0.25, 0.3) is 0 Å². The van der Waals surface area contributed by atoms with Crippen LogP contribution in [0.25, 0.3) is 0 Å². The van der Waals surface area contributed by atoms with Crippen molar-refractivity contribution in [1.82, 2.24) is 0 Å². The van der Waals surface area contributed by atoms with Crippen LogP contribution >= 0.6 is 0 Å². The Kier molecular flexibility index (Phi) is 22.9. The summed E-state index contributed by atoms with van der Waals surface area (Å²) < 4.78 is 55.0. The van der Waals surface area contributed by atoms with Crippen molar-refractivity contribution in [2.75, 3.05) is 26.4 Å². The van der Waals surface area contributed by atoms with Crippen LogP contribution in [0, 0.1) is 45.3 Å². The molecule has 24 heteroatoms. The van der Waals surface area contributed by atoms with E-state index < -0.39 is 184 Å². The Labute approximate surface area is 505 Å². The fraction of sp³-hybridized carbons (Fsp3) is 0.919. The largest absolute Gasteiger partial charge is 0.460 e. The van der Waals surface area contributed by atoms with Crippen LogP contribution in [-0.2, 0) is 47.4 Å². The van der Waals surface area contributed by atoms with Crippen LogP contribution < -0.4 is 0 Å². The van der Waals surface area contributed by atoms with E-state index in [1.165, 1.54) is 6.08 Å². The molecule has 4 saturated carbocycles. The van der Waals surface area contributed by atoms with Gasteiger partial charge in [0.15, 0.2) is 25.2 Å². The minimum absolute atomic E-state index is 0.0142. The first kappa shape index (κ1) is 69.9. The summed E-state index contributed by atoms with van der Waals surface area (Å²) in [6.45, 7) is 16.8. The Morgan fingerprint density at radius 2 is 1.15 bits per heavy atom. The Morgan fingerprint density at radius 3 is 1.78 bits per heavy atom. The molecule has 4 aliphatic heterocycles. The Bertz CT molecular complexity index is 2270. The van der Waals surface area contributed by atoms with Gasteiger partial charge < -0.3 is 114 Å². The average molecular weight is 1230 g/mol. The van der Waals surface area contributed by atoms with E-state index in [-0.39, 0.29) is 34.5 Å². The highest BCUT2D eigenvalue weighted by molar-refractivity contribution is 5.81. The quantitative estimate of drug-likeness (QED) is 0.0230. The number of hydrogen-bond donors (Lipinski definition) is 14. The molecule has 0 bridgehead atoms. The number of carbonyl (C=O) groups is 1. The second-order valence-corrected chi connectivity index (χ2v) is 28.1. The predicted octanol–water partition coefficient (Wildman–Crippen LogP) is 0.485. The smallest absolute Gasteiger partial charge is 0.330 e. The van der Waals surface area contributed by atoms with Gasteiger partial charge in [0.1, 0.15) is 104 Å². The molecule has 8 aliphatic rings. The maximum atomic E-state index is 12.9. The molecule has 24 nitrogen and oxygen atoms in total. The summed E-state index contributed by atoms with van der Waals surface area (Å²) in [5.41, 5.74) is -1.70. The second-order valence-electron chi connectivity index (χ2n) is 28.1. The molecule has 8 fully saturated rings. The number of unbranched alkanes of at least 4 members (excludes halogenated alkanes) is 3. The lowest BCUT2D eigenvalue weighted by Crippen LogP contribution is -2.68. The molecular weight excluding hydrogens is 1130 g/mol. The predicted molar refractivity (Wildman–Crippen MR) is 303 cm³/mol. The first-order chi connectivity index (χ1) is 40.4. The zero-order chi connectivity index (χ0) is 63.2. The van der Waals surface area contributed by atoms with Crippen molar-refractivity contribution < 1.29 is 119 Å². The SMILES string of the molecule is CCCCC/C=C/C(=O)OCC1OC(OC2C(OC3CCC4(C)C(CCC5(C)C4CC(O)C4C(C(C)(CCC=C(C)C)OC6OC(COC7OC(CO)C(O)C(O)C7O)C(O)C(O)C6O)CCC45C)C3(C)C)OC(CO)C(O)C2O)C(O)C(O)C1O. The van der Waals surface area contributed by atoms with Gasteiger partial charge in [-0.25, -0.2) is 4.79 Å². The first-order valence-corrected chi connectivity index (χ1v) is 31.5. The van der Waals surface area contributed by atoms with Crippen molar-refractivity contribution in [3.8, 4) is 0 Å². The van der Waals surface area contributed by atoms with E-state index in [4.69, 9.17) is 42.6 Å². The van der Waals surface area contributed by atoms with E-state index in [0.29, 0.717) is 44.9 Å². The maximum absolute atomic E-state index is 12.9. The van der Waals surface area contributed by atoms with Crippen molar-refractivity contribution in [1.29, 1.82) is 0 Å². The third-order valence-electron chi connectivity index (χ3n) is 22.3. The van der Waals surface area contributed by atoms with Crippen LogP contribution in [0.1, 0.15) is 146 Å². The number of aliphatic hydroxyl groups excluding tert-OH is 14. The number of hydrogen-bond acceptors (Lipinski definition) is 24. The van der Waals surface area contributed by atoms with Gasteiger partial charge in [-0.2, -0.15) is 0 Å². The fourth-order valence-corrected chi connectivity index (χ4v) is 17.2. The molecule has 8 rings (SSSR count). The molecule has 0 amide bonds. The molecule has 14 N–H and O–H groups in total. The normalized spacial score (nSPS) is 48.4. The molecule has 0 aromatic carbocycles. The number of fused-ring (bicyclic) bond motifs is 5. The van der Waals surface area contributed by atoms with Gasteiger partial charge in [-0.3, -0.25) is 0 Å². The second kappa shape index (κ2) is 28.1. The number of ether oxygens (including phenoxy) is 9. The van der Waals surface area contributed by atoms with Crippen LogP contribution in [0.4, 0.5) is 0 Å². The minimum Gasteiger partial charge on any atom is -0.460 e. The summed E-state index contributed by atoms with van der Waals surface area (Å²) in [7, 11) is 0. The van der Waals surface area contributed by atoms with Crippen molar-refractivity contribution >= 4 is 5.97 Å². The summed E-state index contributed by atoms with van der Waals surface area (Å²) in [6, 6.07) is 0. The highest BCUT2D eigenvalue weighted by Gasteiger charge is 2.72. The number of rotatable bonds is 22. The summed E-state index contributed by atoms with van der Waals surface area (Å²) in [4.78, 5) is 12.5. The number of esters is 1. The van der Waals surface area contributed by atoms with E-state index in [1.807, 2.05) is 20.8 Å². The molecule has 86 heavy (non-hydrogen) atoms. The lowest BCUT2D eigenvalue weighted by atomic mass is 9.35. The van der Waals surface area contributed by atoms with Gasteiger partial charge >= 0.3 is 5.97 Å².